The number of fused-ring (bicyclic) bond motifs is 1. The molecule has 0 N–H and O–H groups in total. The van der Waals surface area contributed by atoms with Crippen molar-refractivity contribution in [1.82, 2.24) is 0 Å². The number of carbonyl (C=O) groups excluding carboxylic acids is 2. The lowest BCUT2D eigenvalue weighted by Gasteiger charge is -2.58. The van der Waals surface area contributed by atoms with Crippen LogP contribution in [0, 0.1) is 22.7 Å². The van der Waals surface area contributed by atoms with Crippen molar-refractivity contribution < 1.29 is 23.5 Å². The smallest absolute Gasteiger partial charge is 0.333 e. The number of ether oxygens (including phenoxy) is 2. The fraction of sp³-hybridized carbons (Fsp3) is 0.533. The second-order valence-electron chi connectivity index (χ2n) is 11.1. The molecule has 2 aliphatic carbocycles. The van der Waals surface area contributed by atoms with Gasteiger partial charge in [-0.25, -0.2) is 4.79 Å². The van der Waals surface area contributed by atoms with Crippen LogP contribution in [0.4, 0.5) is 0 Å². The van der Waals surface area contributed by atoms with Crippen molar-refractivity contribution in [2.75, 3.05) is 7.11 Å². The maximum atomic E-state index is 13.0. The summed E-state index contributed by atoms with van der Waals surface area (Å²) in [6, 6.07) is 12.0. The highest BCUT2D eigenvalue weighted by Gasteiger charge is 2.58. The predicted octanol–water partition coefficient (Wildman–Crippen LogP) is 6.32. The number of furan rings is 1. The molecular weight excluding hydrogens is 440 g/mol. The van der Waals surface area contributed by atoms with E-state index in [-0.39, 0.29) is 34.6 Å². The average Bonchev–Trinajstić information content (AvgIpc) is 3.35. The monoisotopic (exact) mass is 478 g/mol. The molecule has 2 aromatic rings. The van der Waals surface area contributed by atoms with Gasteiger partial charge in [0.15, 0.2) is 0 Å². The number of carbonyl (C=O) groups is 2. The first-order valence-corrected chi connectivity index (χ1v) is 12.8. The van der Waals surface area contributed by atoms with Crippen LogP contribution in [-0.2, 0) is 31.9 Å². The van der Waals surface area contributed by atoms with Gasteiger partial charge in [-0.2, -0.15) is 0 Å². The molecule has 5 heteroatoms. The van der Waals surface area contributed by atoms with Gasteiger partial charge < -0.3 is 13.9 Å². The van der Waals surface area contributed by atoms with Gasteiger partial charge in [0.25, 0.3) is 0 Å². The topological polar surface area (TPSA) is 65.7 Å². The van der Waals surface area contributed by atoms with Gasteiger partial charge in [-0.05, 0) is 72.1 Å². The first kappa shape index (κ1) is 25.3. The third-order valence-corrected chi connectivity index (χ3v) is 8.38. The molecule has 4 unspecified atom stereocenters. The highest BCUT2D eigenvalue weighted by atomic mass is 16.5. The van der Waals surface area contributed by atoms with Gasteiger partial charge in [-0.15, -0.1) is 0 Å². The molecule has 188 valence electrons. The van der Waals surface area contributed by atoms with Gasteiger partial charge in [0.05, 0.1) is 19.6 Å². The molecular formula is C30H38O5. The van der Waals surface area contributed by atoms with Crippen molar-refractivity contribution in [3.8, 4) is 0 Å². The van der Waals surface area contributed by atoms with Crippen molar-refractivity contribution in [2.24, 2.45) is 22.7 Å². The van der Waals surface area contributed by atoms with Crippen molar-refractivity contribution in [1.29, 1.82) is 0 Å². The summed E-state index contributed by atoms with van der Waals surface area (Å²) in [5, 5.41) is 0. The second-order valence-corrected chi connectivity index (χ2v) is 11.1. The maximum Gasteiger partial charge on any atom is 0.333 e. The third-order valence-electron chi connectivity index (χ3n) is 8.38. The summed E-state index contributed by atoms with van der Waals surface area (Å²) in [7, 11) is 1.43. The fourth-order valence-corrected chi connectivity index (χ4v) is 6.85. The highest BCUT2D eigenvalue weighted by molar-refractivity contribution is 5.89. The molecule has 0 saturated heterocycles. The number of hydrogen-bond acceptors (Lipinski definition) is 5. The van der Waals surface area contributed by atoms with E-state index in [0.29, 0.717) is 18.4 Å². The number of benzene rings is 1. The Balaban J connectivity index is 1.63. The number of aryl methyl sites for hydroxylation is 2. The van der Waals surface area contributed by atoms with Crippen molar-refractivity contribution in [3.63, 3.8) is 0 Å². The summed E-state index contributed by atoms with van der Waals surface area (Å²) in [4.78, 5) is 26.0. The van der Waals surface area contributed by atoms with E-state index >= 15 is 0 Å². The first-order chi connectivity index (χ1) is 16.7. The van der Waals surface area contributed by atoms with Crippen LogP contribution < -0.4 is 0 Å². The summed E-state index contributed by atoms with van der Waals surface area (Å²) >= 11 is 0. The van der Waals surface area contributed by atoms with Crippen LogP contribution in [-0.4, -0.2) is 25.2 Å². The molecule has 1 aromatic heterocycles. The van der Waals surface area contributed by atoms with Crippen LogP contribution >= 0.6 is 0 Å². The number of esters is 2. The largest absolute Gasteiger partial charge is 0.472 e. The summed E-state index contributed by atoms with van der Waals surface area (Å²) < 4.78 is 16.7. The molecule has 1 heterocycles. The zero-order valence-corrected chi connectivity index (χ0v) is 21.4. The number of methoxy groups -OCH3 is 1. The lowest BCUT2D eigenvalue weighted by atomic mass is 9.47. The molecule has 4 rings (SSSR count). The van der Waals surface area contributed by atoms with Gasteiger partial charge in [-0.1, -0.05) is 57.5 Å². The minimum Gasteiger partial charge on any atom is -0.472 e. The molecule has 4 atom stereocenters. The quantitative estimate of drug-likeness (QED) is 0.416. The lowest BCUT2D eigenvalue weighted by molar-refractivity contribution is -0.165. The van der Waals surface area contributed by atoms with E-state index in [2.05, 4.69) is 20.8 Å². The van der Waals surface area contributed by atoms with Gasteiger partial charge in [0.1, 0.15) is 6.10 Å². The zero-order chi connectivity index (χ0) is 25.1. The van der Waals surface area contributed by atoms with E-state index in [1.807, 2.05) is 42.5 Å². The molecule has 1 aromatic carbocycles. The van der Waals surface area contributed by atoms with Crippen molar-refractivity contribution in [3.05, 3.63) is 71.7 Å². The van der Waals surface area contributed by atoms with E-state index in [1.54, 1.807) is 12.5 Å². The Labute approximate surface area is 208 Å². The van der Waals surface area contributed by atoms with Gasteiger partial charge in [0, 0.05) is 17.9 Å². The second kappa shape index (κ2) is 10.4. The number of rotatable bonds is 8. The van der Waals surface area contributed by atoms with Gasteiger partial charge in [0.2, 0.25) is 0 Å². The summed E-state index contributed by atoms with van der Waals surface area (Å²) in [5.41, 5.74) is 2.67. The Bertz CT molecular complexity index is 1040. The standard InChI is InChI=1S/C30H38O5/c1-29(2)16-8-17-30(3)24(13-11-22-15-18-34-20-22)23(28(32)33-4)19-25(27(29)30)35-26(31)14-12-21-9-6-5-7-10-21/h5-7,9-10,15,18-20,24-25,27H,8,11-14,16-17H2,1-4H3. The van der Waals surface area contributed by atoms with Gasteiger partial charge in [-0.3, -0.25) is 4.79 Å². The Morgan fingerprint density at radius 1 is 1.03 bits per heavy atom. The molecule has 5 nitrogen and oxygen atoms in total. The molecule has 1 saturated carbocycles. The molecule has 0 spiro atoms. The normalized spacial score (nSPS) is 27.4. The summed E-state index contributed by atoms with van der Waals surface area (Å²) in [6.07, 6.45) is 10.7. The van der Waals surface area contributed by atoms with E-state index in [1.165, 1.54) is 7.11 Å². The predicted molar refractivity (Wildman–Crippen MR) is 134 cm³/mol. The average molecular weight is 479 g/mol. The van der Waals surface area contributed by atoms with Crippen LogP contribution in [0.5, 0.6) is 0 Å². The molecule has 1 fully saturated rings. The third kappa shape index (κ3) is 5.39. The Kier molecular flexibility index (Phi) is 7.53. The summed E-state index contributed by atoms with van der Waals surface area (Å²) in [5.74, 6) is -0.406. The van der Waals surface area contributed by atoms with Crippen LogP contribution in [0.1, 0.15) is 64.0 Å². The van der Waals surface area contributed by atoms with Crippen LogP contribution in [0.15, 0.2) is 65.0 Å². The highest BCUT2D eigenvalue weighted by Crippen LogP contribution is 2.61. The number of hydrogen-bond donors (Lipinski definition) is 0. The molecule has 2 aliphatic rings. The van der Waals surface area contributed by atoms with E-state index in [4.69, 9.17) is 13.9 Å². The fourth-order valence-electron chi connectivity index (χ4n) is 6.85. The lowest BCUT2D eigenvalue weighted by Crippen LogP contribution is -2.56. The minimum absolute atomic E-state index is 0.0219. The SMILES string of the molecule is COC(=O)C1=CC(OC(=O)CCc2ccccc2)C2C(C)(C)CCCC2(C)C1CCc1ccoc1. The van der Waals surface area contributed by atoms with E-state index in [9.17, 15) is 9.59 Å². The van der Waals surface area contributed by atoms with Gasteiger partial charge >= 0.3 is 11.9 Å². The molecule has 0 aliphatic heterocycles. The zero-order valence-electron chi connectivity index (χ0n) is 21.4. The molecule has 0 radical (unpaired) electrons. The maximum absolute atomic E-state index is 13.0. The van der Waals surface area contributed by atoms with Crippen LogP contribution in [0.3, 0.4) is 0 Å². The Hall–Kier alpha value is -2.82. The van der Waals surface area contributed by atoms with E-state index < -0.39 is 6.10 Å². The molecule has 0 amide bonds. The van der Waals surface area contributed by atoms with E-state index in [0.717, 1.165) is 43.2 Å². The Morgan fingerprint density at radius 3 is 2.49 bits per heavy atom. The molecule has 35 heavy (non-hydrogen) atoms. The minimum atomic E-state index is -0.446. The van der Waals surface area contributed by atoms with Crippen LogP contribution in [0.2, 0.25) is 0 Å². The Morgan fingerprint density at radius 2 is 1.80 bits per heavy atom. The van der Waals surface area contributed by atoms with Crippen molar-refractivity contribution >= 4 is 11.9 Å². The first-order valence-electron chi connectivity index (χ1n) is 12.8. The van der Waals surface area contributed by atoms with Crippen molar-refractivity contribution in [2.45, 2.75) is 71.8 Å². The van der Waals surface area contributed by atoms with Crippen LogP contribution in [0.25, 0.3) is 0 Å². The molecule has 0 bridgehead atoms. The summed E-state index contributed by atoms with van der Waals surface area (Å²) in [6.45, 7) is 6.85.